The summed E-state index contributed by atoms with van der Waals surface area (Å²) in [6.07, 6.45) is -17.7. The summed E-state index contributed by atoms with van der Waals surface area (Å²) in [7, 11) is 0. The monoisotopic (exact) mass is 759 g/mol. The molecule has 24 unspecified atom stereocenters. The van der Waals surface area contributed by atoms with Crippen molar-refractivity contribution in [2.75, 3.05) is 0 Å². The van der Waals surface area contributed by atoms with Crippen molar-refractivity contribution in [3.63, 3.8) is 0 Å². The largest absolute Gasteiger partial charge is 0.286 e. The molecule has 8 bridgehead atoms. The van der Waals surface area contributed by atoms with E-state index in [0.717, 1.165) is 51.4 Å². The number of rotatable bonds is 0. The number of alkyl halides is 8. The van der Waals surface area contributed by atoms with Crippen molar-refractivity contribution in [3.8, 4) is 0 Å². The average molecular weight is 760 g/mol. The minimum absolute atomic E-state index is 0. The molecule has 0 amide bonds. The quantitative estimate of drug-likeness (QED) is 0.141. The van der Waals surface area contributed by atoms with Crippen LogP contribution in [0.15, 0.2) is 0 Å². The van der Waals surface area contributed by atoms with Gasteiger partial charge >= 0.3 is 0 Å². The van der Waals surface area contributed by atoms with Crippen molar-refractivity contribution in [1.82, 2.24) is 42.5 Å². The fourth-order valence-electron chi connectivity index (χ4n) is 11.9. The molecule has 9 fully saturated rings. The van der Waals surface area contributed by atoms with Crippen molar-refractivity contribution >= 4 is 0 Å². The number of hydrogen-bond donors (Lipinski definition) is 8. The molecule has 24 atom stereocenters. The first kappa shape index (κ1) is 35.7. The Labute approximate surface area is 291 Å². The molecule has 8 nitrogen and oxygen atoms in total. The van der Waals surface area contributed by atoms with Gasteiger partial charge in [0.2, 0.25) is 0 Å². The van der Waals surface area contributed by atoms with Crippen molar-refractivity contribution in [3.05, 3.63) is 0 Å². The summed E-state index contributed by atoms with van der Waals surface area (Å²) >= 11 is 0. The molecule has 0 aromatic heterocycles. The van der Waals surface area contributed by atoms with Gasteiger partial charge < -0.3 is 0 Å². The van der Waals surface area contributed by atoms with Crippen LogP contribution in [0.1, 0.15) is 51.4 Å². The zero-order valence-corrected chi connectivity index (χ0v) is 27.8. The Balaban J connectivity index is 0.00000348. The third-order valence-corrected chi connectivity index (χ3v) is 14.1. The van der Waals surface area contributed by atoms with E-state index >= 15 is 17.6 Å². The van der Waals surface area contributed by atoms with Gasteiger partial charge in [-0.1, -0.05) is 25.7 Å². The van der Waals surface area contributed by atoms with E-state index in [1.165, 1.54) is 0 Å². The van der Waals surface area contributed by atoms with Gasteiger partial charge in [-0.2, -0.15) is 0 Å². The third-order valence-electron chi connectivity index (χ3n) is 14.1. The summed E-state index contributed by atoms with van der Waals surface area (Å²) < 4.78 is 123. The number of fused-ring (bicyclic) bond motifs is 20. The molecule has 4 aliphatic carbocycles. The van der Waals surface area contributed by atoms with Gasteiger partial charge in [0.15, 0.2) is 24.7 Å². The molecular formula is C32H48CuF8N8. The maximum absolute atomic E-state index is 15.8. The minimum atomic E-state index is -2.72. The number of hydrogen-bond acceptors (Lipinski definition) is 8. The van der Waals surface area contributed by atoms with E-state index in [1.54, 1.807) is 0 Å². The zero-order valence-electron chi connectivity index (χ0n) is 26.8. The van der Waals surface area contributed by atoms with Gasteiger partial charge in [0, 0.05) is 40.7 Å². The molecule has 0 aromatic carbocycles. The number of nitrogens with one attached hydrogen (secondary N) is 8. The van der Waals surface area contributed by atoms with Crippen LogP contribution in [-0.2, 0) is 17.1 Å². The first-order valence-electron chi connectivity index (χ1n) is 18.3. The summed E-state index contributed by atoms with van der Waals surface area (Å²) in [5.41, 5.74) is 0. The fourth-order valence-corrected chi connectivity index (χ4v) is 11.9. The third kappa shape index (κ3) is 5.56. The molecule has 9 aliphatic rings. The van der Waals surface area contributed by atoms with Gasteiger partial charge in [-0.05, 0) is 49.4 Å². The molecule has 5 saturated heterocycles. The Hall–Kier alpha value is -0.361. The number of halogens is 8. The van der Waals surface area contributed by atoms with Crippen LogP contribution in [0.5, 0.6) is 0 Å². The molecule has 4 saturated carbocycles. The zero-order chi connectivity index (χ0) is 33.2. The summed E-state index contributed by atoms with van der Waals surface area (Å²) in [6.45, 7) is 0. The predicted molar refractivity (Wildman–Crippen MR) is 159 cm³/mol. The maximum atomic E-state index is 15.8. The van der Waals surface area contributed by atoms with Gasteiger partial charge in [-0.15, -0.1) is 0 Å². The van der Waals surface area contributed by atoms with Crippen LogP contribution in [0, 0.1) is 47.3 Å². The van der Waals surface area contributed by atoms with Crippen molar-refractivity contribution < 1.29 is 52.2 Å². The van der Waals surface area contributed by atoms with Crippen LogP contribution >= 0.6 is 0 Å². The molecule has 5 aliphatic heterocycles. The van der Waals surface area contributed by atoms with Crippen molar-refractivity contribution in [2.24, 2.45) is 47.3 Å². The minimum Gasteiger partial charge on any atom is -0.286 e. The summed E-state index contributed by atoms with van der Waals surface area (Å²) in [5, 5.41) is 27.4. The maximum Gasteiger partial charge on any atom is 0.165 e. The van der Waals surface area contributed by atoms with Gasteiger partial charge in [0.1, 0.15) is 24.7 Å². The van der Waals surface area contributed by atoms with E-state index in [1.807, 2.05) is 0 Å². The Kier molecular flexibility index (Phi) is 9.82. The van der Waals surface area contributed by atoms with E-state index in [0.29, 0.717) is 0 Å². The average Bonchev–Trinajstić information content (AvgIpc) is 3.83. The smallest absolute Gasteiger partial charge is 0.165 e. The Bertz CT molecular complexity index is 1120. The van der Waals surface area contributed by atoms with Gasteiger partial charge in [0.05, 0.1) is 49.3 Å². The molecule has 17 heteroatoms. The Morgan fingerprint density at radius 3 is 0.673 bits per heavy atom. The first-order chi connectivity index (χ1) is 23.1. The topological polar surface area (TPSA) is 96.2 Å². The normalized spacial score (nSPS) is 61.2. The summed E-state index contributed by atoms with van der Waals surface area (Å²) in [4.78, 5) is 0. The second-order valence-corrected chi connectivity index (χ2v) is 16.2. The molecule has 5 heterocycles. The molecule has 283 valence electrons. The summed E-state index contributed by atoms with van der Waals surface area (Å²) in [5.74, 6) is -4.71. The van der Waals surface area contributed by atoms with Gasteiger partial charge in [-0.3, -0.25) is 42.5 Å². The second-order valence-electron chi connectivity index (χ2n) is 16.2. The second kappa shape index (κ2) is 13.5. The van der Waals surface area contributed by atoms with E-state index in [9.17, 15) is 17.6 Å². The SMILES string of the molecule is FC1C(F)C(F)C2C3NC(NC4NC(NC5NC(NC6NC(N3)C3C(F)C(F)C(F)C(F)C63)C3CCCCC53)C3CCCCC43)C2C1F.[Cu]. The van der Waals surface area contributed by atoms with Crippen LogP contribution in [0.25, 0.3) is 0 Å². The Morgan fingerprint density at radius 2 is 0.449 bits per heavy atom. The molecule has 8 N–H and O–H groups in total. The molecule has 1 radical (unpaired) electrons. The fraction of sp³-hybridized carbons (Fsp3) is 1.00. The molecule has 9 rings (SSSR count). The predicted octanol–water partition coefficient (Wildman–Crippen LogP) is 2.19. The van der Waals surface area contributed by atoms with E-state index < -0.39 is 97.7 Å². The molecule has 0 spiro atoms. The standard InChI is InChI=1S/C32H48F8N8.Cu/c33-17-13-15(19(35)23(39)21(17)37)31-46-29(13)44-27-11-7-3-1-5-9(11)25(42-27)41-26-10-6-2-4-8-12(10)28(43-26)45-30-14-16(32(47-30)48-31)20(36)24(40)22(38)18(14)34;/h9-32,41-48H,1-8H2;. The summed E-state index contributed by atoms with van der Waals surface area (Å²) in [6, 6.07) is 0. The molecule has 49 heavy (non-hydrogen) atoms. The Morgan fingerprint density at radius 1 is 0.265 bits per heavy atom. The molecular weight excluding hydrogens is 712 g/mol. The van der Waals surface area contributed by atoms with Crippen molar-refractivity contribution in [1.29, 1.82) is 0 Å². The van der Waals surface area contributed by atoms with Crippen LogP contribution in [0.4, 0.5) is 35.1 Å². The van der Waals surface area contributed by atoms with Gasteiger partial charge in [-0.25, -0.2) is 35.1 Å². The van der Waals surface area contributed by atoms with E-state index in [2.05, 4.69) is 42.5 Å². The van der Waals surface area contributed by atoms with Crippen molar-refractivity contribution in [2.45, 2.75) is 150 Å². The van der Waals surface area contributed by atoms with Gasteiger partial charge in [0.25, 0.3) is 0 Å². The molecule has 0 aromatic rings. The van der Waals surface area contributed by atoms with Crippen LogP contribution in [0.3, 0.4) is 0 Å². The van der Waals surface area contributed by atoms with Crippen LogP contribution in [0.2, 0.25) is 0 Å². The van der Waals surface area contributed by atoms with E-state index in [-0.39, 0.29) is 65.4 Å². The first-order valence-corrected chi connectivity index (χ1v) is 18.3. The van der Waals surface area contributed by atoms with Crippen LogP contribution < -0.4 is 42.5 Å². The van der Waals surface area contributed by atoms with Crippen LogP contribution in [-0.4, -0.2) is 98.7 Å². The van der Waals surface area contributed by atoms with E-state index in [4.69, 9.17) is 0 Å².